The van der Waals surface area contributed by atoms with Crippen LogP contribution in [0.2, 0.25) is 0 Å². The molecule has 0 amide bonds. The molecule has 0 saturated carbocycles. The molecule has 90 valence electrons. The van der Waals surface area contributed by atoms with E-state index in [0.717, 1.165) is 0 Å². The van der Waals surface area contributed by atoms with Crippen LogP contribution in [0.3, 0.4) is 0 Å². The fraction of sp³-hybridized carbons (Fsp3) is 0.0588. The summed E-state index contributed by atoms with van der Waals surface area (Å²) >= 11 is 3.62. The first-order valence-electron chi connectivity index (χ1n) is 5.95. The predicted molar refractivity (Wildman–Crippen MR) is 83.7 cm³/mol. The van der Waals surface area contributed by atoms with Gasteiger partial charge >= 0.3 is 0 Å². The normalized spacial score (nSPS) is 13.2. The van der Waals surface area contributed by atoms with Crippen LogP contribution in [0.25, 0.3) is 12.2 Å². The summed E-state index contributed by atoms with van der Waals surface area (Å²) in [5.41, 5.74) is 2.44. The Morgan fingerprint density at radius 2 is 1.06 bits per heavy atom. The number of hydrogen-bond donors (Lipinski definition) is 0. The number of rotatable bonds is 4. The minimum absolute atomic E-state index is 0.248. The maximum atomic E-state index is 3.62. The average Bonchev–Trinajstić information content (AvgIpc) is 2.45. The molecule has 0 heterocycles. The smallest absolute Gasteiger partial charge is 0.0512 e. The minimum Gasteiger partial charge on any atom is -0.0799 e. The summed E-state index contributed by atoms with van der Waals surface area (Å²) in [4.78, 5) is 0.248. The highest BCUT2D eigenvalue weighted by atomic mass is 79.9. The zero-order valence-electron chi connectivity index (χ0n) is 10.0. The molecule has 0 saturated heterocycles. The Morgan fingerprint density at radius 1 is 0.667 bits per heavy atom. The number of allylic oxidation sites excluding steroid dienone is 2. The van der Waals surface area contributed by atoms with Gasteiger partial charge in [-0.3, -0.25) is 0 Å². The van der Waals surface area contributed by atoms with Crippen molar-refractivity contribution in [2.45, 2.75) is 4.83 Å². The SMILES string of the molecule is BrC(C=Cc1ccccc1)C=Cc1ccccc1. The lowest BCUT2D eigenvalue weighted by Crippen LogP contribution is -1.84. The van der Waals surface area contributed by atoms with Crippen molar-refractivity contribution in [1.29, 1.82) is 0 Å². The second-order valence-corrected chi connectivity index (χ2v) is 5.04. The zero-order chi connectivity index (χ0) is 12.6. The molecule has 0 aromatic heterocycles. The second-order valence-electron chi connectivity index (χ2n) is 3.98. The van der Waals surface area contributed by atoms with Crippen LogP contribution in [0.1, 0.15) is 11.1 Å². The van der Waals surface area contributed by atoms with Gasteiger partial charge in [-0.25, -0.2) is 0 Å². The molecule has 0 radical (unpaired) electrons. The molecule has 2 rings (SSSR count). The molecule has 0 aliphatic rings. The predicted octanol–water partition coefficient (Wildman–Crippen LogP) is 5.18. The van der Waals surface area contributed by atoms with Crippen molar-refractivity contribution in [3.8, 4) is 0 Å². The fourth-order valence-corrected chi connectivity index (χ4v) is 1.90. The lowest BCUT2D eigenvalue weighted by atomic mass is 10.2. The highest BCUT2D eigenvalue weighted by Gasteiger charge is 1.92. The van der Waals surface area contributed by atoms with E-state index < -0.39 is 0 Å². The van der Waals surface area contributed by atoms with Crippen LogP contribution in [-0.4, -0.2) is 4.83 Å². The quantitative estimate of drug-likeness (QED) is 0.683. The summed E-state index contributed by atoms with van der Waals surface area (Å²) in [6.07, 6.45) is 8.51. The fourth-order valence-electron chi connectivity index (χ4n) is 1.60. The second kappa shape index (κ2) is 6.97. The van der Waals surface area contributed by atoms with Crippen LogP contribution < -0.4 is 0 Å². The third-order valence-corrected chi connectivity index (χ3v) is 3.15. The zero-order valence-corrected chi connectivity index (χ0v) is 11.6. The standard InChI is InChI=1S/C17H15Br/c18-17(13-11-15-7-3-1-4-8-15)14-12-16-9-5-2-6-10-16/h1-14,17H. The Hall–Kier alpha value is -1.60. The van der Waals surface area contributed by atoms with Gasteiger partial charge in [-0.05, 0) is 11.1 Å². The summed E-state index contributed by atoms with van der Waals surface area (Å²) in [6, 6.07) is 20.6. The van der Waals surface area contributed by atoms with Crippen LogP contribution >= 0.6 is 15.9 Å². The van der Waals surface area contributed by atoms with Crippen molar-refractivity contribution in [2.75, 3.05) is 0 Å². The maximum Gasteiger partial charge on any atom is 0.0512 e. The largest absolute Gasteiger partial charge is 0.0799 e. The molecule has 0 N–H and O–H groups in total. The summed E-state index contributed by atoms with van der Waals surface area (Å²) < 4.78 is 0. The molecule has 18 heavy (non-hydrogen) atoms. The van der Waals surface area contributed by atoms with Crippen molar-refractivity contribution in [2.24, 2.45) is 0 Å². The van der Waals surface area contributed by atoms with Gasteiger partial charge in [-0.2, -0.15) is 0 Å². The Labute approximate surface area is 117 Å². The summed E-state index contributed by atoms with van der Waals surface area (Å²) in [5, 5.41) is 0. The van der Waals surface area contributed by atoms with E-state index in [1.807, 2.05) is 36.4 Å². The number of hydrogen-bond acceptors (Lipinski definition) is 0. The third kappa shape index (κ3) is 4.34. The van der Waals surface area contributed by atoms with Crippen LogP contribution in [0, 0.1) is 0 Å². The highest BCUT2D eigenvalue weighted by Crippen LogP contribution is 2.10. The van der Waals surface area contributed by atoms with Gasteiger partial charge in [-0.1, -0.05) is 101 Å². The summed E-state index contributed by atoms with van der Waals surface area (Å²) in [6.45, 7) is 0. The summed E-state index contributed by atoms with van der Waals surface area (Å²) in [5.74, 6) is 0. The van der Waals surface area contributed by atoms with Crippen LogP contribution in [0.5, 0.6) is 0 Å². The van der Waals surface area contributed by atoms with Crippen molar-refractivity contribution in [3.05, 3.63) is 83.9 Å². The van der Waals surface area contributed by atoms with E-state index in [1.165, 1.54) is 11.1 Å². The Bertz CT molecular complexity index is 462. The molecule has 0 nitrogen and oxygen atoms in total. The van der Waals surface area contributed by atoms with Gasteiger partial charge in [0.05, 0.1) is 4.83 Å². The number of alkyl halides is 1. The van der Waals surface area contributed by atoms with E-state index in [-0.39, 0.29) is 4.83 Å². The molecule has 0 aliphatic carbocycles. The first-order chi connectivity index (χ1) is 8.84. The molecule has 0 fully saturated rings. The number of benzene rings is 2. The lowest BCUT2D eigenvalue weighted by Gasteiger charge is -1.97. The van der Waals surface area contributed by atoms with E-state index in [1.54, 1.807) is 0 Å². The van der Waals surface area contributed by atoms with Crippen LogP contribution in [0.4, 0.5) is 0 Å². The van der Waals surface area contributed by atoms with Gasteiger partial charge in [0.2, 0.25) is 0 Å². The molecular formula is C17H15Br. The molecular weight excluding hydrogens is 284 g/mol. The van der Waals surface area contributed by atoms with Crippen LogP contribution in [0.15, 0.2) is 72.8 Å². The van der Waals surface area contributed by atoms with Crippen molar-refractivity contribution < 1.29 is 0 Å². The molecule has 2 aromatic rings. The monoisotopic (exact) mass is 298 g/mol. The van der Waals surface area contributed by atoms with Gasteiger partial charge in [0.25, 0.3) is 0 Å². The van der Waals surface area contributed by atoms with Gasteiger partial charge < -0.3 is 0 Å². The molecule has 0 aliphatic heterocycles. The molecule has 0 bridgehead atoms. The van der Waals surface area contributed by atoms with E-state index in [2.05, 4.69) is 64.5 Å². The molecule has 0 atom stereocenters. The third-order valence-electron chi connectivity index (χ3n) is 2.54. The van der Waals surface area contributed by atoms with Gasteiger partial charge in [0.1, 0.15) is 0 Å². The Kier molecular flexibility index (Phi) is 4.98. The average molecular weight is 299 g/mol. The van der Waals surface area contributed by atoms with Gasteiger partial charge in [0, 0.05) is 0 Å². The topological polar surface area (TPSA) is 0 Å². The molecule has 0 spiro atoms. The first kappa shape index (κ1) is 12.8. The van der Waals surface area contributed by atoms with Crippen molar-refractivity contribution in [1.82, 2.24) is 0 Å². The Morgan fingerprint density at radius 3 is 1.44 bits per heavy atom. The minimum atomic E-state index is 0.248. The van der Waals surface area contributed by atoms with E-state index in [0.29, 0.717) is 0 Å². The molecule has 1 heteroatoms. The highest BCUT2D eigenvalue weighted by molar-refractivity contribution is 9.09. The molecule has 2 aromatic carbocycles. The number of halogens is 1. The van der Waals surface area contributed by atoms with E-state index >= 15 is 0 Å². The van der Waals surface area contributed by atoms with E-state index in [4.69, 9.17) is 0 Å². The van der Waals surface area contributed by atoms with E-state index in [9.17, 15) is 0 Å². The van der Waals surface area contributed by atoms with Gasteiger partial charge in [0.15, 0.2) is 0 Å². The summed E-state index contributed by atoms with van der Waals surface area (Å²) in [7, 11) is 0. The lowest BCUT2D eigenvalue weighted by molar-refractivity contribution is 1.47. The van der Waals surface area contributed by atoms with Gasteiger partial charge in [-0.15, -0.1) is 0 Å². The van der Waals surface area contributed by atoms with Crippen LogP contribution in [-0.2, 0) is 0 Å². The first-order valence-corrected chi connectivity index (χ1v) is 6.87. The van der Waals surface area contributed by atoms with Crippen molar-refractivity contribution >= 4 is 28.1 Å². The molecule has 0 unspecified atom stereocenters. The maximum absolute atomic E-state index is 3.62. The Balaban J connectivity index is 1.95. The van der Waals surface area contributed by atoms with Crippen molar-refractivity contribution in [3.63, 3.8) is 0 Å².